The Morgan fingerprint density at radius 2 is 2.47 bits per heavy atom. The van der Waals surface area contributed by atoms with E-state index in [2.05, 4.69) is 9.97 Å². The molecule has 0 amide bonds. The zero-order chi connectivity index (χ0) is 12.4. The number of carbonyl (C=O) groups is 1. The first-order chi connectivity index (χ1) is 8.13. The van der Waals surface area contributed by atoms with E-state index in [1.807, 2.05) is 0 Å². The van der Waals surface area contributed by atoms with Crippen LogP contribution in [0.25, 0.3) is 0 Å². The van der Waals surface area contributed by atoms with E-state index in [1.165, 1.54) is 13.3 Å². The lowest BCUT2D eigenvalue weighted by Gasteiger charge is -2.23. The van der Waals surface area contributed by atoms with Gasteiger partial charge in [-0.25, -0.2) is 9.78 Å². The molecule has 0 aromatic carbocycles. The van der Waals surface area contributed by atoms with Gasteiger partial charge in [0.2, 0.25) is 0 Å². The molecule has 1 aromatic heterocycles. The Kier molecular flexibility index (Phi) is 3.33. The molecule has 1 N–H and O–H groups in total. The summed E-state index contributed by atoms with van der Waals surface area (Å²) in [6, 6.07) is -0.396. The van der Waals surface area contributed by atoms with Crippen LogP contribution in [0.3, 0.4) is 0 Å². The third kappa shape index (κ3) is 2.26. The maximum absolute atomic E-state index is 11.1. The van der Waals surface area contributed by atoms with E-state index in [0.717, 1.165) is 6.42 Å². The van der Waals surface area contributed by atoms with Gasteiger partial charge in [-0.05, 0) is 12.8 Å². The highest BCUT2D eigenvalue weighted by Crippen LogP contribution is 2.30. The van der Waals surface area contributed by atoms with Gasteiger partial charge >= 0.3 is 12.0 Å². The van der Waals surface area contributed by atoms with Gasteiger partial charge in [0.25, 0.3) is 0 Å². The van der Waals surface area contributed by atoms with E-state index in [1.54, 1.807) is 4.90 Å². The number of aromatic nitrogens is 2. The monoisotopic (exact) mass is 257 g/mol. The van der Waals surface area contributed by atoms with Crippen LogP contribution in [-0.4, -0.2) is 40.7 Å². The molecule has 0 radical (unpaired) electrons. The second kappa shape index (κ2) is 4.75. The topological polar surface area (TPSA) is 75.5 Å². The first kappa shape index (κ1) is 11.9. The Hall–Kier alpha value is -1.56. The number of nitrogens with zero attached hydrogens (tertiary/aromatic N) is 3. The van der Waals surface area contributed by atoms with Crippen LogP contribution in [0.5, 0.6) is 6.01 Å². The quantitative estimate of drug-likeness (QED) is 0.877. The van der Waals surface area contributed by atoms with E-state index in [0.29, 0.717) is 23.8 Å². The smallest absolute Gasteiger partial charge is 0.326 e. The minimum absolute atomic E-state index is 0.181. The van der Waals surface area contributed by atoms with Gasteiger partial charge < -0.3 is 14.7 Å². The lowest BCUT2D eigenvalue weighted by atomic mass is 10.2. The minimum atomic E-state index is -0.865. The summed E-state index contributed by atoms with van der Waals surface area (Å²) in [5.41, 5.74) is 0. The Labute approximate surface area is 103 Å². The van der Waals surface area contributed by atoms with Crippen LogP contribution in [0.1, 0.15) is 12.8 Å². The molecule has 1 fully saturated rings. The number of hydrogen-bond acceptors (Lipinski definition) is 5. The maximum atomic E-state index is 11.1. The lowest BCUT2D eigenvalue weighted by molar-refractivity contribution is -0.138. The van der Waals surface area contributed by atoms with Crippen molar-refractivity contribution in [3.8, 4) is 6.01 Å². The Morgan fingerprint density at radius 3 is 3.12 bits per heavy atom. The summed E-state index contributed by atoms with van der Waals surface area (Å²) >= 11 is 5.99. The number of methoxy groups -OCH3 is 1. The first-order valence-electron chi connectivity index (χ1n) is 5.19. The van der Waals surface area contributed by atoms with E-state index < -0.39 is 12.0 Å². The average molecular weight is 258 g/mol. The zero-order valence-electron chi connectivity index (χ0n) is 9.26. The number of carboxylic acid groups (broad SMARTS) is 1. The zero-order valence-corrected chi connectivity index (χ0v) is 10.0. The molecule has 7 heteroatoms. The van der Waals surface area contributed by atoms with Gasteiger partial charge in [0.05, 0.1) is 13.3 Å². The van der Waals surface area contributed by atoms with Gasteiger partial charge in [-0.1, -0.05) is 11.6 Å². The maximum Gasteiger partial charge on any atom is 0.326 e. The van der Waals surface area contributed by atoms with Gasteiger partial charge in [-0.15, -0.1) is 0 Å². The molecule has 0 saturated carbocycles. The van der Waals surface area contributed by atoms with E-state index in [9.17, 15) is 4.79 Å². The first-order valence-corrected chi connectivity index (χ1v) is 5.57. The van der Waals surface area contributed by atoms with Crippen LogP contribution in [0.15, 0.2) is 6.20 Å². The highest BCUT2D eigenvalue weighted by molar-refractivity contribution is 6.32. The predicted octanol–water partition coefficient (Wildman–Crippen LogP) is 1.19. The summed E-state index contributed by atoms with van der Waals surface area (Å²) in [5, 5.41) is 9.44. The number of anilines is 1. The van der Waals surface area contributed by atoms with Gasteiger partial charge in [-0.2, -0.15) is 4.98 Å². The van der Waals surface area contributed by atoms with Crippen LogP contribution in [-0.2, 0) is 4.79 Å². The fraction of sp³-hybridized carbons (Fsp3) is 0.500. The van der Waals surface area contributed by atoms with Crippen molar-refractivity contribution in [1.29, 1.82) is 0 Å². The second-order valence-corrected chi connectivity index (χ2v) is 4.13. The number of ether oxygens (including phenoxy) is 1. The molecule has 1 aliphatic rings. The van der Waals surface area contributed by atoms with Crippen molar-refractivity contribution < 1.29 is 14.6 Å². The van der Waals surface area contributed by atoms with Crippen molar-refractivity contribution in [2.75, 3.05) is 18.6 Å². The summed E-state index contributed by atoms with van der Waals surface area (Å²) in [6.45, 7) is 0.622. The Bertz CT molecular complexity index is 441. The summed E-state index contributed by atoms with van der Waals surface area (Å²) in [7, 11) is 1.45. The predicted molar refractivity (Wildman–Crippen MR) is 61.6 cm³/mol. The molecule has 1 saturated heterocycles. The number of hydrogen-bond donors (Lipinski definition) is 1. The van der Waals surface area contributed by atoms with Crippen LogP contribution >= 0.6 is 11.6 Å². The van der Waals surface area contributed by atoms with Crippen molar-refractivity contribution in [3.05, 3.63) is 11.2 Å². The van der Waals surface area contributed by atoms with Gasteiger partial charge in [-0.3, -0.25) is 0 Å². The van der Waals surface area contributed by atoms with Gasteiger partial charge in [0, 0.05) is 6.54 Å². The highest BCUT2D eigenvalue weighted by atomic mass is 35.5. The van der Waals surface area contributed by atoms with Crippen LogP contribution < -0.4 is 9.64 Å². The molecule has 0 spiro atoms. The SMILES string of the molecule is COc1ncc(Cl)c(N2CCCC2C(=O)O)n1. The van der Waals surface area contributed by atoms with Crippen LogP contribution in [0, 0.1) is 0 Å². The number of rotatable bonds is 3. The largest absolute Gasteiger partial charge is 0.480 e. The second-order valence-electron chi connectivity index (χ2n) is 3.72. The molecule has 6 nitrogen and oxygen atoms in total. The highest BCUT2D eigenvalue weighted by Gasteiger charge is 2.32. The average Bonchev–Trinajstić information content (AvgIpc) is 2.78. The Balaban J connectivity index is 2.35. The fourth-order valence-electron chi connectivity index (χ4n) is 1.92. The molecule has 2 heterocycles. The summed E-state index contributed by atoms with van der Waals surface area (Å²) in [4.78, 5) is 20.7. The molecular formula is C10H12ClN3O3. The summed E-state index contributed by atoms with van der Waals surface area (Å²) in [6.07, 6.45) is 2.82. The van der Waals surface area contributed by atoms with E-state index in [-0.39, 0.29) is 6.01 Å². The van der Waals surface area contributed by atoms with Gasteiger partial charge in [0.1, 0.15) is 11.1 Å². The van der Waals surface area contributed by atoms with Crippen LogP contribution in [0.2, 0.25) is 5.02 Å². The molecule has 1 atom stereocenters. The molecule has 2 rings (SSSR count). The van der Waals surface area contributed by atoms with Gasteiger partial charge in [0.15, 0.2) is 5.82 Å². The molecule has 0 aliphatic carbocycles. The molecule has 1 aliphatic heterocycles. The molecule has 1 aromatic rings. The number of halogens is 1. The van der Waals surface area contributed by atoms with E-state index in [4.69, 9.17) is 21.4 Å². The summed E-state index contributed by atoms with van der Waals surface area (Å²) < 4.78 is 4.91. The van der Waals surface area contributed by atoms with Crippen molar-refractivity contribution in [3.63, 3.8) is 0 Å². The normalized spacial score (nSPS) is 19.4. The summed E-state index contributed by atoms with van der Waals surface area (Å²) in [5.74, 6) is -0.445. The minimum Gasteiger partial charge on any atom is -0.480 e. The lowest BCUT2D eigenvalue weighted by Crippen LogP contribution is -2.36. The Morgan fingerprint density at radius 1 is 1.71 bits per heavy atom. The molecule has 92 valence electrons. The van der Waals surface area contributed by atoms with Crippen molar-refractivity contribution in [2.45, 2.75) is 18.9 Å². The molecular weight excluding hydrogens is 246 g/mol. The molecule has 0 bridgehead atoms. The third-order valence-electron chi connectivity index (χ3n) is 2.70. The van der Waals surface area contributed by atoms with Crippen LogP contribution in [0.4, 0.5) is 5.82 Å². The van der Waals surface area contributed by atoms with Crippen molar-refractivity contribution in [2.24, 2.45) is 0 Å². The fourth-order valence-corrected chi connectivity index (χ4v) is 2.12. The molecule has 1 unspecified atom stereocenters. The van der Waals surface area contributed by atoms with Crippen molar-refractivity contribution in [1.82, 2.24) is 9.97 Å². The van der Waals surface area contributed by atoms with Crippen molar-refractivity contribution >= 4 is 23.4 Å². The van der Waals surface area contributed by atoms with E-state index >= 15 is 0 Å². The standard InChI is InChI=1S/C10H12ClN3O3/c1-17-10-12-5-6(11)8(13-10)14-4-2-3-7(14)9(15)16/h5,7H,2-4H2,1H3,(H,15,16). The number of aliphatic carboxylic acids is 1. The third-order valence-corrected chi connectivity index (χ3v) is 2.96. The number of carboxylic acids is 1. The molecule has 17 heavy (non-hydrogen) atoms.